The molecule has 3 aliphatic rings. The van der Waals surface area contributed by atoms with Crippen molar-refractivity contribution in [3.63, 3.8) is 0 Å². The third-order valence-corrected chi connectivity index (χ3v) is 7.04. The van der Waals surface area contributed by atoms with Gasteiger partial charge in [0.1, 0.15) is 10.6 Å². The summed E-state index contributed by atoms with van der Waals surface area (Å²) in [5, 5.41) is 3.09. The minimum absolute atomic E-state index is 0.0784. The van der Waals surface area contributed by atoms with Crippen molar-refractivity contribution in [2.24, 2.45) is 0 Å². The number of rotatable bonds is 6. The van der Waals surface area contributed by atoms with Crippen LogP contribution in [0.1, 0.15) is 49.2 Å². The SMILES string of the molecule is CC(C)NS(=O)(=O)c1c[nH]c(C(=O)NC23CC(c4ccccc4)(C2)C3)c1. The average molecular weight is 373 g/mol. The standard InChI is InChI=1S/C19H23N3O3S/c1-13(2)22-26(24,25)15-8-16(20-9-15)17(23)21-19-10-18(11-19,12-19)14-6-4-3-5-7-14/h3-9,13,20,22H,10-12H2,1-2H3,(H,21,23). The molecule has 1 aromatic heterocycles. The Bertz CT molecular complexity index is 928. The summed E-state index contributed by atoms with van der Waals surface area (Å²) in [7, 11) is -3.60. The summed E-state index contributed by atoms with van der Waals surface area (Å²) in [6, 6.07) is 11.6. The molecule has 1 amide bonds. The van der Waals surface area contributed by atoms with Crippen LogP contribution in [0.4, 0.5) is 0 Å². The van der Waals surface area contributed by atoms with Crippen LogP contribution >= 0.6 is 0 Å². The van der Waals surface area contributed by atoms with Gasteiger partial charge in [-0.15, -0.1) is 0 Å². The van der Waals surface area contributed by atoms with E-state index in [1.807, 2.05) is 18.2 Å². The van der Waals surface area contributed by atoms with E-state index in [2.05, 4.69) is 27.2 Å². The van der Waals surface area contributed by atoms with Gasteiger partial charge in [0.05, 0.1) is 0 Å². The normalized spacial score (nSPS) is 26.9. The first-order chi connectivity index (χ1) is 12.2. The number of sulfonamides is 1. The number of carbonyl (C=O) groups is 1. The second-order valence-corrected chi connectivity index (χ2v) is 9.65. The number of nitrogens with one attached hydrogen (secondary N) is 3. The second-order valence-electron chi connectivity index (χ2n) is 7.94. The van der Waals surface area contributed by atoms with Crippen molar-refractivity contribution >= 4 is 15.9 Å². The molecule has 0 saturated heterocycles. The van der Waals surface area contributed by atoms with E-state index in [4.69, 9.17) is 0 Å². The highest BCUT2D eigenvalue weighted by Crippen LogP contribution is 2.67. The number of H-pyrrole nitrogens is 1. The quantitative estimate of drug-likeness (QED) is 0.726. The van der Waals surface area contributed by atoms with Crippen LogP contribution in [0.5, 0.6) is 0 Å². The van der Waals surface area contributed by atoms with Gasteiger partial charge in [-0.3, -0.25) is 4.79 Å². The molecule has 138 valence electrons. The zero-order valence-electron chi connectivity index (χ0n) is 14.9. The van der Waals surface area contributed by atoms with E-state index in [0.717, 1.165) is 19.3 Å². The first kappa shape index (κ1) is 17.3. The molecule has 3 saturated carbocycles. The zero-order valence-corrected chi connectivity index (χ0v) is 15.7. The summed E-state index contributed by atoms with van der Waals surface area (Å²) < 4.78 is 26.9. The highest BCUT2D eigenvalue weighted by molar-refractivity contribution is 7.89. The largest absolute Gasteiger partial charge is 0.356 e. The number of carbonyl (C=O) groups excluding carboxylic acids is 1. The first-order valence-corrected chi connectivity index (χ1v) is 10.3. The van der Waals surface area contributed by atoms with Crippen molar-refractivity contribution < 1.29 is 13.2 Å². The number of benzene rings is 1. The van der Waals surface area contributed by atoms with Crippen molar-refractivity contribution in [3.05, 3.63) is 53.9 Å². The molecule has 26 heavy (non-hydrogen) atoms. The van der Waals surface area contributed by atoms with Crippen LogP contribution in [-0.2, 0) is 15.4 Å². The van der Waals surface area contributed by atoms with E-state index in [0.29, 0.717) is 0 Å². The molecule has 0 radical (unpaired) electrons. The van der Waals surface area contributed by atoms with Gasteiger partial charge < -0.3 is 10.3 Å². The third-order valence-electron chi connectivity index (χ3n) is 5.40. The van der Waals surface area contributed by atoms with Crippen LogP contribution in [0, 0.1) is 0 Å². The van der Waals surface area contributed by atoms with E-state index in [9.17, 15) is 13.2 Å². The molecule has 0 atom stereocenters. The van der Waals surface area contributed by atoms with Gasteiger partial charge in [-0.05, 0) is 44.7 Å². The van der Waals surface area contributed by atoms with E-state index >= 15 is 0 Å². The zero-order chi connectivity index (χ0) is 18.6. The fourth-order valence-electron chi connectivity index (χ4n) is 4.37. The van der Waals surface area contributed by atoms with Crippen LogP contribution in [0.2, 0.25) is 0 Å². The molecule has 7 heteroatoms. The molecule has 5 rings (SSSR count). The molecule has 0 aliphatic heterocycles. The Hall–Kier alpha value is -2.12. The van der Waals surface area contributed by atoms with Gasteiger partial charge >= 0.3 is 0 Å². The molecule has 0 unspecified atom stereocenters. The maximum Gasteiger partial charge on any atom is 0.268 e. The van der Waals surface area contributed by atoms with E-state index in [-0.39, 0.29) is 33.5 Å². The molecule has 3 fully saturated rings. The Morgan fingerprint density at radius 1 is 1.15 bits per heavy atom. The van der Waals surface area contributed by atoms with Crippen LogP contribution in [0.25, 0.3) is 0 Å². The molecule has 0 spiro atoms. The van der Waals surface area contributed by atoms with Gasteiger partial charge in [0.15, 0.2) is 0 Å². The summed E-state index contributed by atoms with van der Waals surface area (Å²) in [6.45, 7) is 3.51. The van der Waals surface area contributed by atoms with Crippen molar-refractivity contribution in [1.82, 2.24) is 15.0 Å². The maximum atomic E-state index is 12.5. The lowest BCUT2D eigenvalue weighted by Gasteiger charge is -2.71. The number of aromatic amines is 1. The van der Waals surface area contributed by atoms with Crippen molar-refractivity contribution in [2.45, 2.75) is 55.0 Å². The Balaban J connectivity index is 1.41. The fraction of sp³-hybridized carbons (Fsp3) is 0.421. The molecular weight excluding hydrogens is 350 g/mol. The summed E-state index contributed by atoms with van der Waals surface area (Å²) in [5.41, 5.74) is 1.67. The van der Waals surface area contributed by atoms with E-state index in [1.54, 1.807) is 13.8 Å². The fourth-order valence-corrected chi connectivity index (χ4v) is 5.61. The van der Waals surface area contributed by atoms with Crippen LogP contribution in [-0.4, -0.2) is 30.9 Å². The van der Waals surface area contributed by atoms with Crippen LogP contribution in [0.3, 0.4) is 0 Å². The smallest absolute Gasteiger partial charge is 0.268 e. The number of hydrogen-bond acceptors (Lipinski definition) is 3. The minimum Gasteiger partial charge on any atom is -0.356 e. The summed E-state index contributed by atoms with van der Waals surface area (Å²) in [6.07, 6.45) is 4.18. The van der Waals surface area contributed by atoms with Crippen molar-refractivity contribution in [3.8, 4) is 0 Å². The van der Waals surface area contributed by atoms with Crippen molar-refractivity contribution in [1.29, 1.82) is 0 Å². The lowest BCUT2D eigenvalue weighted by molar-refractivity contribution is -0.0808. The molecular formula is C19H23N3O3S. The van der Waals surface area contributed by atoms with Crippen LogP contribution < -0.4 is 10.0 Å². The topological polar surface area (TPSA) is 91.1 Å². The molecule has 3 aliphatic carbocycles. The Kier molecular flexibility index (Phi) is 3.79. The van der Waals surface area contributed by atoms with E-state index < -0.39 is 10.0 Å². The lowest BCUT2D eigenvalue weighted by atomic mass is 9.37. The molecule has 3 N–H and O–H groups in total. The maximum absolute atomic E-state index is 12.5. The number of aromatic nitrogens is 1. The highest BCUT2D eigenvalue weighted by Gasteiger charge is 2.68. The predicted molar refractivity (Wildman–Crippen MR) is 98.4 cm³/mol. The molecule has 1 aromatic carbocycles. The minimum atomic E-state index is -3.60. The second kappa shape index (κ2) is 5.69. The Labute approximate surface area is 153 Å². The highest BCUT2D eigenvalue weighted by atomic mass is 32.2. The number of amides is 1. The van der Waals surface area contributed by atoms with E-state index in [1.165, 1.54) is 17.8 Å². The first-order valence-electron chi connectivity index (χ1n) is 8.83. The van der Waals surface area contributed by atoms with Gasteiger partial charge in [-0.1, -0.05) is 30.3 Å². The summed E-state index contributed by atoms with van der Waals surface area (Å²) in [5.74, 6) is -0.252. The van der Waals surface area contributed by atoms with Gasteiger partial charge in [-0.2, -0.15) is 0 Å². The average Bonchev–Trinajstić information content (AvgIpc) is 3.00. The Morgan fingerprint density at radius 2 is 1.81 bits per heavy atom. The third kappa shape index (κ3) is 2.75. The summed E-state index contributed by atoms with van der Waals surface area (Å²) in [4.78, 5) is 15.4. The van der Waals surface area contributed by atoms with Crippen molar-refractivity contribution in [2.75, 3.05) is 0 Å². The van der Waals surface area contributed by atoms with Gasteiger partial charge in [0.2, 0.25) is 10.0 Å². The molecule has 1 heterocycles. The summed E-state index contributed by atoms with van der Waals surface area (Å²) >= 11 is 0. The monoisotopic (exact) mass is 373 g/mol. The molecule has 2 bridgehead atoms. The molecule has 6 nitrogen and oxygen atoms in total. The van der Waals surface area contributed by atoms with Gasteiger partial charge in [0.25, 0.3) is 5.91 Å². The lowest BCUT2D eigenvalue weighted by Crippen LogP contribution is -2.76. The van der Waals surface area contributed by atoms with Gasteiger partial charge in [-0.25, -0.2) is 13.1 Å². The number of hydrogen-bond donors (Lipinski definition) is 3. The Morgan fingerprint density at radius 3 is 2.42 bits per heavy atom. The van der Waals surface area contributed by atoms with Crippen LogP contribution in [0.15, 0.2) is 47.5 Å². The van der Waals surface area contributed by atoms with Gasteiger partial charge in [0, 0.05) is 23.2 Å². The predicted octanol–water partition coefficient (Wildman–Crippen LogP) is 2.31. The molecule has 2 aromatic rings.